The first-order valence-corrected chi connectivity index (χ1v) is 13.4. The second-order valence-electron chi connectivity index (χ2n) is 10.4. The molecular formula is C33H27F4N3O3. The van der Waals surface area contributed by atoms with E-state index in [4.69, 9.17) is 4.84 Å². The summed E-state index contributed by atoms with van der Waals surface area (Å²) < 4.78 is 57.0. The van der Waals surface area contributed by atoms with Crippen molar-refractivity contribution in [3.8, 4) is 0 Å². The van der Waals surface area contributed by atoms with E-state index in [2.05, 4.69) is 15.8 Å². The third-order valence-corrected chi connectivity index (χ3v) is 7.37. The molecule has 0 aromatic heterocycles. The highest BCUT2D eigenvalue weighted by molar-refractivity contribution is 6.08. The lowest BCUT2D eigenvalue weighted by molar-refractivity contribution is -0.275. The number of halogens is 4. The number of alkyl halides is 3. The Labute approximate surface area is 245 Å². The first-order valence-electron chi connectivity index (χ1n) is 13.4. The van der Waals surface area contributed by atoms with Crippen LogP contribution in [-0.4, -0.2) is 23.7 Å². The van der Waals surface area contributed by atoms with E-state index in [1.165, 1.54) is 30.3 Å². The second kappa shape index (κ2) is 11.4. The fourth-order valence-corrected chi connectivity index (χ4v) is 5.04. The Kier molecular flexibility index (Phi) is 7.79. The zero-order chi connectivity index (χ0) is 30.9. The largest absolute Gasteiger partial charge is 0.435 e. The molecule has 0 spiro atoms. The van der Waals surface area contributed by atoms with Crippen LogP contribution in [0.4, 0.5) is 28.9 Å². The third kappa shape index (κ3) is 5.86. The third-order valence-electron chi connectivity index (χ3n) is 7.37. The Balaban J connectivity index is 1.37. The maximum atomic E-state index is 14.6. The van der Waals surface area contributed by atoms with Crippen molar-refractivity contribution >= 4 is 28.9 Å². The molecule has 43 heavy (non-hydrogen) atoms. The SMILES string of the molecule is Cc1ccccc1C(=O)Nc1cccc(C(=O)Nc2c(C)cc(C3(C(F)(F)F)CC(c4ccc(F)cc4)=NO3)cc2C)c1. The standard InChI is InChI=1S/C33H27F4N3O3/c1-19-7-4-5-10-27(19)31(42)38-26-9-6-8-23(17-26)30(41)39-29-20(2)15-24(16-21(29)3)32(33(35,36)37)18-28(40-43-32)22-11-13-25(34)14-12-22/h4-17H,18H2,1-3H3,(H,38,42)(H,39,41). The summed E-state index contributed by atoms with van der Waals surface area (Å²) in [5.41, 5.74) is 0.511. The van der Waals surface area contributed by atoms with Gasteiger partial charge in [-0.15, -0.1) is 0 Å². The lowest BCUT2D eigenvalue weighted by Gasteiger charge is -2.30. The average Bonchev–Trinajstić information content (AvgIpc) is 3.43. The van der Waals surface area contributed by atoms with Gasteiger partial charge in [0.05, 0.1) is 5.71 Å². The van der Waals surface area contributed by atoms with Crippen molar-refractivity contribution in [3.63, 3.8) is 0 Å². The van der Waals surface area contributed by atoms with Crippen LogP contribution < -0.4 is 10.6 Å². The molecule has 6 nitrogen and oxygen atoms in total. The van der Waals surface area contributed by atoms with E-state index in [0.717, 1.165) is 17.7 Å². The minimum absolute atomic E-state index is 0.0411. The Morgan fingerprint density at radius 1 is 0.814 bits per heavy atom. The van der Waals surface area contributed by atoms with E-state index in [9.17, 15) is 27.2 Å². The number of carbonyl (C=O) groups is 2. The molecule has 1 aliphatic heterocycles. The van der Waals surface area contributed by atoms with Crippen molar-refractivity contribution < 1.29 is 32.0 Å². The molecule has 2 amide bonds. The fourth-order valence-electron chi connectivity index (χ4n) is 5.04. The van der Waals surface area contributed by atoms with Crippen LogP contribution in [0, 0.1) is 26.6 Å². The summed E-state index contributed by atoms with van der Waals surface area (Å²) in [5, 5.41) is 9.30. The monoisotopic (exact) mass is 589 g/mol. The van der Waals surface area contributed by atoms with E-state index in [1.807, 2.05) is 19.1 Å². The minimum atomic E-state index is -4.83. The zero-order valence-corrected chi connectivity index (χ0v) is 23.5. The van der Waals surface area contributed by atoms with Gasteiger partial charge in [0.15, 0.2) is 0 Å². The molecule has 220 valence electrons. The van der Waals surface area contributed by atoms with Crippen LogP contribution in [0.15, 0.2) is 90.1 Å². The smallest absolute Gasteiger partial charge is 0.374 e. The Hall–Kier alpha value is -4.99. The van der Waals surface area contributed by atoms with Crippen LogP contribution in [0.5, 0.6) is 0 Å². The molecule has 4 aromatic rings. The number of anilines is 2. The van der Waals surface area contributed by atoms with E-state index in [-0.39, 0.29) is 22.7 Å². The van der Waals surface area contributed by atoms with E-state index in [0.29, 0.717) is 33.6 Å². The minimum Gasteiger partial charge on any atom is -0.374 e. The van der Waals surface area contributed by atoms with Crippen molar-refractivity contribution in [2.24, 2.45) is 5.16 Å². The molecule has 1 unspecified atom stereocenters. The maximum absolute atomic E-state index is 14.6. The predicted octanol–water partition coefficient (Wildman–Crippen LogP) is 7.84. The number of oxime groups is 1. The van der Waals surface area contributed by atoms with Gasteiger partial charge in [0, 0.05) is 34.5 Å². The average molecular weight is 590 g/mol. The van der Waals surface area contributed by atoms with Crippen LogP contribution in [0.3, 0.4) is 0 Å². The number of rotatable bonds is 6. The predicted molar refractivity (Wildman–Crippen MR) is 156 cm³/mol. The van der Waals surface area contributed by atoms with E-state index in [1.54, 1.807) is 44.2 Å². The number of amides is 2. The van der Waals surface area contributed by atoms with E-state index >= 15 is 0 Å². The molecule has 0 saturated carbocycles. The topological polar surface area (TPSA) is 79.8 Å². The molecule has 4 aromatic carbocycles. The van der Waals surface area contributed by atoms with Gasteiger partial charge in [0.2, 0.25) is 0 Å². The highest BCUT2D eigenvalue weighted by Gasteiger charge is 2.62. The van der Waals surface area contributed by atoms with Gasteiger partial charge in [-0.2, -0.15) is 13.2 Å². The summed E-state index contributed by atoms with van der Waals surface area (Å²) in [6.45, 7) is 5.00. The van der Waals surface area contributed by atoms with Crippen molar-refractivity contribution in [2.75, 3.05) is 10.6 Å². The molecule has 0 fully saturated rings. The summed E-state index contributed by atoms with van der Waals surface area (Å²) >= 11 is 0. The molecule has 10 heteroatoms. The molecule has 2 N–H and O–H groups in total. The van der Waals surface area contributed by atoms with Gasteiger partial charge >= 0.3 is 6.18 Å². The molecule has 0 radical (unpaired) electrons. The number of benzene rings is 4. The van der Waals surface area contributed by atoms with E-state index < -0.39 is 29.9 Å². The molecular weight excluding hydrogens is 562 g/mol. The Morgan fingerprint density at radius 3 is 2.14 bits per heavy atom. The van der Waals surface area contributed by atoms with Gasteiger partial charge in [-0.25, -0.2) is 4.39 Å². The molecule has 5 rings (SSSR count). The quantitative estimate of drug-likeness (QED) is 0.225. The number of aryl methyl sites for hydroxylation is 3. The number of nitrogens with one attached hydrogen (secondary N) is 2. The van der Waals surface area contributed by atoms with Crippen LogP contribution >= 0.6 is 0 Å². The Morgan fingerprint density at radius 2 is 1.49 bits per heavy atom. The van der Waals surface area contributed by atoms with Gasteiger partial charge in [0.25, 0.3) is 17.4 Å². The fraction of sp³-hybridized carbons (Fsp3) is 0.182. The van der Waals surface area contributed by atoms with Gasteiger partial charge in [-0.05, 0) is 91.6 Å². The number of hydrogen-bond donors (Lipinski definition) is 2. The van der Waals surface area contributed by atoms with Crippen LogP contribution in [0.2, 0.25) is 0 Å². The lowest BCUT2D eigenvalue weighted by Crippen LogP contribution is -2.42. The van der Waals surface area contributed by atoms with Crippen molar-refractivity contribution in [1.29, 1.82) is 0 Å². The van der Waals surface area contributed by atoms with Gasteiger partial charge in [0.1, 0.15) is 5.82 Å². The van der Waals surface area contributed by atoms with Crippen LogP contribution in [0.1, 0.15) is 55.0 Å². The summed E-state index contributed by atoms with van der Waals surface area (Å²) in [6.07, 6.45) is -5.43. The highest BCUT2D eigenvalue weighted by Crippen LogP contribution is 2.49. The maximum Gasteiger partial charge on any atom is 0.435 e. The van der Waals surface area contributed by atoms with Gasteiger partial charge in [-0.1, -0.05) is 41.6 Å². The Bertz CT molecular complexity index is 1730. The first-order chi connectivity index (χ1) is 20.4. The zero-order valence-electron chi connectivity index (χ0n) is 23.5. The van der Waals surface area contributed by atoms with Crippen molar-refractivity contribution in [2.45, 2.75) is 39.0 Å². The molecule has 0 bridgehead atoms. The van der Waals surface area contributed by atoms with Crippen molar-refractivity contribution in [3.05, 3.63) is 130 Å². The van der Waals surface area contributed by atoms with Crippen LogP contribution in [0.25, 0.3) is 0 Å². The van der Waals surface area contributed by atoms with Crippen molar-refractivity contribution in [1.82, 2.24) is 0 Å². The summed E-state index contributed by atoms with van der Waals surface area (Å²) in [5.74, 6) is -1.35. The second-order valence-corrected chi connectivity index (χ2v) is 10.4. The first kappa shape index (κ1) is 29.5. The summed E-state index contributed by atoms with van der Waals surface area (Å²) in [7, 11) is 0. The molecule has 1 aliphatic rings. The molecule has 0 saturated heterocycles. The number of carbonyl (C=O) groups excluding carboxylic acids is 2. The molecule has 1 heterocycles. The normalized spacial score (nSPS) is 16.3. The summed E-state index contributed by atoms with van der Waals surface area (Å²) in [4.78, 5) is 31.0. The molecule has 1 atom stereocenters. The number of hydrogen-bond acceptors (Lipinski definition) is 4. The summed E-state index contributed by atoms with van der Waals surface area (Å²) in [6, 6.07) is 21.1. The number of nitrogens with zero attached hydrogens (tertiary/aromatic N) is 1. The highest BCUT2D eigenvalue weighted by atomic mass is 19.4. The van der Waals surface area contributed by atoms with Gasteiger partial charge < -0.3 is 15.5 Å². The van der Waals surface area contributed by atoms with Crippen LogP contribution in [-0.2, 0) is 10.4 Å². The lowest BCUT2D eigenvalue weighted by atomic mass is 9.84. The molecule has 0 aliphatic carbocycles. The van der Waals surface area contributed by atoms with Gasteiger partial charge in [-0.3, -0.25) is 9.59 Å².